The first kappa shape index (κ1) is 15.6. The normalized spacial score (nSPS) is 11.4. The van der Waals surface area contributed by atoms with Crippen molar-refractivity contribution in [2.45, 2.75) is 0 Å². The van der Waals surface area contributed by atoms with Gasteiger partial charge in [-0.25, -0.2) is 0 Å². The number of hydrogen-bond donors (Lipinski definition) is 1. The molecule has 3 aromatic rings. The average Bonchev–Trinajstić information content (AvgIpc) is 2.66. The zero-order chi connectivity index (χ0) is 16.5. The maximum Gasteiger partial charge on any atom is 0.161 e. The lowest BCUT2D eigenvalue weighted by Gasteiger charge is -2.07. The van der Waals surface area contributed by atoms with Crippen LogP contribution < -0.4 is 10.1 Å². The summed E-state index contributed by atoms with van der Waals surface area (Å²) in [5, 5.41) is 3.22. The fraction of sp³-hybridized carbons (Fsp3) is 0. The van der Waals surface area contributed by atoms with E-state index in [-0.39, 0.29) is 0 Å². The van der Waals surface area contributed by atoms with Crippen LogP contribution in [0.4, 0.5) is 11.4 Å². The lowest BCUT2D eigenvalue weighted by atomic mass is 10.3. The van der Waals surface area contributed by atoms with Crippen molar-refractivity contribution in [2.75, 3.05) is 5.32 Å². The number of para-hydroxylation sites is 3. The van der Waals surface area contributed by atoms with Gasteiger partial charge in [0.1, 0.15) is 5.75 Å². The highest BCUT2D eigenvalue weighted by Crippen LogP contribution is 2.15. The van der Waals surface area contributed by atoms with Crippen molar-refractivity contribution in [1.82, 2.24) is 0 Å². The van der Waals surface area contributed by atoms with Gasteiger partial charge in [-0.2, -0.15) is 0 Å². The maximum absolute atomic E-state index is 5.91. The highest BCUT2D eigenvalue weighted by atomic mass is 16.5. The minimum atomic E-state index is 0.619. The molecule has 3 heteroatoms. The monoisotopic (exact) mass is 314 g/mol. The summed E-state index contributed by atoms with van der Waals surface area (Å²) in [6, 6.07) is 29.3. The summed E-state index contributed by atoms with van der Waals surface area (Å²) < 4.78 is 5.91. The van der Waals surface area contributed by atoms with Gasteiger partial charge >= 0.3 is 0 Å². The van der Waals surface area contributed by atoms with E-state index in [9.17, 15) is 0 Å². The number of nitrogens with one attached hydrogen (secondary N) is 1. The molecule has 0 aliphatic rings. The second kappa shape index (κ2) is 8.34. The van der Waals surface area contributed by atoms with Gasteiger partial charge in [0.05, 0.1) is 11.9 Å². The maximum atomic E-state index is 5.91. The van der Waals surface area contributed by atoms with Crippen LogP contribution in [0.5, 0.6) is 5.75 Å². The molecule has 0 aliphatic carbocycles. The molecule has 0 aliphatic heterocycles. The van der Waals surface area contributed by atoms with Gasteiger partial charge in [-0.3, -0.25) is 4.99 Å². The number of anilines is 1. The molecule has 0 saturated heterocycles. The number of ether oxygens (including phenoxy) is 1. The van der Waals surface area contributed by atoms with Gasteiger partial charge in [-0.05, 0) is 36.4 Å². The zero-order valence-electron chi connectivity index (χ0n) is 13.2. The topological polar surface area (TPSA) is 33.6 Å². The molecule has 0 heterocycles. The van der Waals surface area contributed by atoms with Crippen LogP contribution in [-0.2, 0) is 0 Å². The number of allylic oxidation sites excluding steroid dienone is 1. The van der Waals surface area contributed by atoms with Crippen molar-refractivity contribution in [2.24, 2.45) is 4.99 Å². The Hall–Kier alpha value is -3.33. The molecule has 1 N–H and O–H groups in total. The van der Waals surface area contributed by atoms with Crippen molar-refractivity contribution in [1.29, 1.82) is 0 Å². The van der Waals surface area contributed by atoms with E-state index in [4.69, 9.17) is 4.74 Å². The fourth-order valence-corrected chi connectivity index (χ4v) is 2.06. The zero-order valence-corrected chi connectivity index (χ0v) is 13.2. The van der Waals surface area contributed by atoms with Crippen molar-refractivity contribution >= 4 is 17.6 Å². The van der Waals surface area contributed by atoms with E-state index in [2.05, 4.69) is 10.3 Å². The molecule has 24 heavy (non-hydrogen) atoms. The van der Waals surface area contributed by atoms with Crippen LogP contribution in [0, 0.1) is 0 Å². The van der Waals surface area contributed by atoms with E-state index in [0.717, 1.165) is 17.1 Å². The Labute approximate surface area is 142 Å². The predicted molar refractivity (Wildman–Crippen MR) is 99.8 cm³/mol. The summed E-state index contributed by atoms with van der Waals surface area (Å²) in [5.74, 6) is 1.38. The minimum Gasteiger partial charge on any atom is -0.454 e. The van der Waals surface area contributed by atoms with Gasteiger partial charge in [0.15, 0.2) is 5.76 Å². The molecular formula is C21H18N2O. The molecular weight excluding hydrogens is 296 g/mol. The number of benzene rings is 3. The number of hydrogen-bond acceptors (Lipinski definition) is 3. The SMILES string of the molecule is C(=Nc1ccccc1)C(=CNc1ccccc1)Oc1ccccc1. The predicted octanol–water partition coefficient (Wildman–Crippen LogP) is 5.42. The number of rotatable bonds is 6. The van der Waals surface area contributed by atoms with Crippen LogP contribution in [0.3, 0.4) is 0 Å². The molecule has 0 amide bonds. The molecule has 0 spiro atoms. The molecule has 0 aromatic heterocycles. The van der Waals surface area contributed by atoms with Crippen LogP contribution in [0.25, 0.3) is 0 Å². The Balaban J connectivity index is 1.78. The number of aliphatic imine (C=N–C) groups is 1. The molecule has 0 bridgehead atoms. The lowest BCUT2D eigenvalue weighted by Crippen LogP contribution is -2.00. The van der Waals surface area contributed by atoms with E-state index in [1.54, 1.807) is 12.4 Å². The molecule has 0 fully saturated rings. The molecule has 118 valence electrons. The highest BCUT2D eigenvalue weighted by molar-refractivity contribution is 5.80. The van der Waals surface area contributed by atoms with Crippen LogP contribution in [0.2, 0.25) is 0 Å². The van der Waals surface area contributed by atoms with E-state index in [1.165, 1.54) is 0 Å². The Morgan fingerprint density at radius 1 is 0.750 bits per heavy atom. The average molecular weight is 314 g/mol. The Morgan fingerprint density at radius 3 is 2.00 bits per heavy atom. The largest absolute Gasteiger partial charge is 0.454 e. The third kappa shape index (κ3) is 4.85. The van der Waals surface area contributed by atoms with Crippen LogP contribution in [0.1, 0.15) is 0 Å². The lowest BCUT2D eigenvalue weighted by molar-refractivity contribution is 0.456. The standard InChI is InChI=1S/C21H18N2O/c1-4-10-18(11-5-1)22-16-21(24-20-14-8-3-9-15-20)17-23-19-12-6-2-7-13-19/h1-17,22H. The molecule has 0 radical (unpaired) electrons. The minimum absolute atomic E-state index is 0.619. The van der Waals surface area contributed by atoms with Crippen molar-refractivity contribution in [3.05, 3.63) is 103 Å². The van der Waals surface area contributed by atoms with Crippen molar-refractivity contribution in [3.63, 3.8) is 0 Å². The Kier molecular flexibility index (Phi) is 5.41. The third-order valence-electron chi connectivity index (χ3n) is 3.23. The summed E-state index contributed by atoms with van der Waals surface area (Å²) in [5.41, 5.74) is 1.86. The molecule has 0 unspecified atom stereocenters. The molecule has 0 atom stereocenters. The first-order valence-electron chi connectivity index (χ1n) is 7.74. The van der Waals surface area contributed by atoms with E-state index >= 15 is 0 Å². The summed E-state index contributed by atoms with van der Waals surface area (Å²) >= 11 is 0. The quantitative estimate of drug-likeness (QED) is 0.487. The van der Waals surface area contributed by atoms with E-state index in [1.807, 2.05) is 91.0 Å². The molecule has 3 aromatic carbocycles. The highest BCUT2D eigenvalue weighted by Gasteiger charge is 1.98. The summed E-state index contributed by atoms with van der Waals surface area (Å²) in [6.07, 6.45) is 3.51. The Bertz CT molecular complexity index is 797. The second-order valence-electron chi connectivity index (χ2n) is 5.07. The fourth-order valence-electron chi connectivity index (χ4n) is 2.06. The molecule has 0 saturated carbocycles. The van der Waals surface area contributed by atoms with Crippen molar-refractivity contribution < 1.29 is 4.74 Å². The van der Waals surface area contributed by atoms with E-state index < -0.39 is 0 Å². The second-order valence-corrected chi connectivity index (χ2v) is 5.07. The van der Waals surface area contributed by atoms with Crippen molar-refractivity contribution in [3.8, 4) is 5.75 Å². The summed E-state index contributed by atoms with van der Waals surface area (Å²) in [7, 11) is 0. The van der Waals surface area contributed by atoms with E-state index in [0.29, 0.717) is 5.76 Å². The Morgan fingerprint density at radius 2 is 1.33 bits per heavy atom. The van der Waals surface area contributed by atoms with Gasteiger partial charge < -0.3 is 10.1 Å². The van der Waals surface area contributed by atoms with Gasteiger partial charge in [0, 0.05) is 11.9 Å². The first-order chi connectivity index (χ1) is 11.9. The van der Waals surface area contributed by atoms with Gasteiger partial charge in [0.2, 0.25) is 0 Å². The summed E-state index contributed by atoms with van der Waals surface area (Å²) in [6.45, 7) is 0. The van der Waals surface area contributed by atoms with Crippen LogP contribution in [-0.4, -0.2) is 6.21 Å². The third-order valence-corrected chi connectivity index (χ3v) is 3.23. The van der Waals surface area contributed by atoms with Gasteiger partial charge in [-0.1, -0.05) is 54.6 Å². The van der Waals surface area contributed by atoms with Crippen LogP contribution >= 0.6 is 0 Å². The van der Waals surface area contributed by atoms with Crippen LogP contribution in [0.15, 0.2) is 108 Å². The summed E-state index contributed by atoms with van der Waals surface area (Å²) in [4.78, 5) is 4.46. The molecule has 3 rings (SSSR count). The van der Waals surface area contributed by atoms with Gasteiger partial charge in [0.25, 0.3) is 0 Å². The number of nitrogens with zero attached hydrogens (tertiary/aromatic N) is 1. The molecule has 3 nitrogen and oxygen atoms in total. The first-order valence-corrected chi connectivity index (χ1v) is 7.74. The smallest absolute Gasteiger partial charge is 0.161 e. The van der Waals surface area contributed by atoms with Gasteiger partial charge in [-0.15, -0.1) is 0 Å².